The third kappa shape index (κ3) is 3.07. The van der Waals surface area contributed by atoms with E-state index in [1.54, 1.807) is 6.07 Å². The zero-order valence-electron chi connectivity index (χ0n) is 10.1. The Bertz CT molecular complexity index is 572. The number of benzene rings is 1. The number of Topliss-reactive ketones (excluding diaryl/α,β-unsaturated/α-hetero) is 1. The predicted molar refractivity (Wildman–Crippen MR) is 64.3 cm³/mol. The van der Waals surface area contributed by atoms with E-state index in [4.69, 9.17) is 9.15 Å². The molecule has 2 aromatic rings. The third-order valence-electron chi connectivity index (χ3n) is 2.50. The number of carbonyl (C=O) groups is 2. The van der Waals surface area contributed by atoms with Crippen LogP contribution in [0.4, 0.5) is 4.39 Å². The SMILES string of the molecule is C[C@@H](OC(=O)c1ccco1)C(=O)c1ccc(F)cc1. The Morgan fingerprint density at radius 2 is 1.89 bits per heavy atom. The lowest BCUT2D eigenvalue weighted by molar-refractivity contribution is 0.0289. The van der Waals surface area contributed by atoms with Crippen molar-refractivity contribution in [2.45, 2.75) is 13.0 Å². The van der Waals surface area contributed by atoms with E-state index in [9.17, 15) is 14.0 Å². The highest BCUT2D eigenvalue weighted by Crippen LogP contribution is 2.10. The summed E-state index contributed by atoms with van der Waals surface area (Å²) in [5.41, 5.74) is 0.279. The molecule has 0 fully saturated rings. The highest BCUT2D eigenvalue weighted by atomic mass is 19.1. The molecule has 1 aromatic heterocycles. The van der Waals surface area contributed by atoms with Crippen LogP contribution in [0.5, 0.6) is 0 Å². The molecule has 0 unspecified atom stereocenters. The van der Waals surface area contributed by atoms with Crippen molar-refractivity contribution in [1.82, 2.24) is 0 Å². The van der Waals surface area contributed by atoms with Crippen molar-refractivity contribution in [3.8, 4) is 0 Å². The summed E-state index contributed by atoms with van der Waals surface area (Å²) < 4.78 is 22.6. The van der Waals surface area contributed by atoms with E-state index in [2.05, 4.69) is 0 Å². The third-order valence-corrected chi connectivity index (χ3v) is 2.50. The maximum absolute atomic E-state index is 12.7. The van der Waals surface area contributed by atoms with Crippen LogP contribution in [0.2, 0.25) is 0 Å². The van der Waals surface area contributed by atoms with Gasteiger partial charge in [0, 0.05) is 5.56 Å². The molecule has 0 radical (unpaired) electrons. The van der Waals surface area contributed by atoms with Gasteiger partial charge in [0.15, 0.2) is 6.10 Å². The smallest absolute Gasteiger partial charge is 0.374 e. The van der Waals surface area contributed by atoms with Crippen LogP contribution in [0.25, 0.3) is 0 Å². The molecular weight excluding hydrogens is 251 g/mol. The summed E-state index contributed by atoms with van der Waals surface area (Å²) in [6, 6.07) is 8.02. The Hall–Kier alpha value is -2.43. The summed E-state index contributed by atoms with van der Waals surface area (Å²) >= 11 is 0. The molecule has 0 aliphatic heterocycles. The fourth-order valence-corrected chi connectivity index (χ4v) is 1.52. The summed E-state index contributed by atoms with van der Waals surface area (Å²) in [6.07, 6.45) is 0.367. The van der Waals surface area contributed by atoms with E-state index in [0.717, 1.165) is 0 Å². The molecule has 98 valence electrons. The first-order valence-corrected chi connectivity index (χ1v) is 5.62. The highest BCUT2D eigenvalue weighted by Gasteiger charge is 2.21. The van der Waals surface area contributed by atoms with Crippen molar-refractivity contribution in [3.63, 3.8) is 0 Å². The second-order valence-corrected chi connectivity index (χ2v) is 3.90. The van der Waals surface area contributed by atoms with Crippen LogP contribution in [-0.4, -0.2) is 17.9 Å². The van der Waals surface area contributed by atoms with Gasteiger partial charge in [-0.2, -0.15) is 0 Å². The molecule has 4 nitrogen and oxygen atoms in total. The number of furan rings is 1. The minimum atomic E-state index is -0.969. The van der Waals surface area contributed by atoms with Gasteiger partial charge in [0.05, 0.1) is 6.26 Å². The number of esters is 1. The average molecular weight is 262 g/mol. The van der Waals surface area contributed by atoms with Crippen LogP contribution in [0.3, 0.4) is 0 Å². The van der Waals surface area contributed by atoms with Gasteiger partial charge in [-0.25, -0.2) is 9.18 Å². The second kappa shape index (κ2) is 5.48. The maximum Gasteiger partial charge on any atom is 0.374 e. The van der Waals surface area contributed by atoms with Gasteiger partial charge in [-0.05, 0) is 43.3 Å². The van der Waals surface area contributed by atoms with Gasteiger partial charge in [-0.1, -0.05) is 0 Å². The molecule has 0 aliphatic carbocycles. The van der Waals surface area contributed by atoms with Crippen molar-refractivity contribution in [1.29, 1.82) is 0 Å². The summed E-state index contributed by atoms with van der Waals surface area (Å²) in [6.45, 7) is 1.45. The van der Waals surface area contributed by atoms with Gasteiger partial charge in [0.1, 0.15) is 5.82 Å². The number of rotatable bonds is 4. The van der Waals surface area contributed by atoms with Crippen molar-refractivity contribution < 1.29 is 23.1 Å². The summed E-state index contributed by atoms with van der Waals surface area (Å²) in [5, 5.41) is 0. The Morgan fingerprint density at radius 3 is 2.47 bits per heavy atom. The molecule has 0 amide bonds. The fraction of sp³-hybridized carbons (Fsp3) is 0.143. The van der Waals surface area contributed by atoms with Crippen LogP contribution in [0, 0.1) is 5.82 Å². The first kappa shape index (κ1) is 13.0. The van der Waals surface area contributed by atoms with Crippen LogP contribution in [0.1, 0.15) is 27.8 Å². The Morgan fingerprint density at radius 1 is 1.21 bits per heavy atom. The zero-order chi connectivity index (χ0) is 13.8. The van der Waals surface area contributed by atoms with E-state index in [1.807, 2.05) is 0 Å². The maximum atomic E-state index is 12.7. The molecule has 0 bridgehead atoms. The van der Waals surface area contributed by atoms with Gasteiger partial charge >= 0.3 is 5.97 Å². The molecule has 0 saturated heterocycles. The summed E-state index contributed by atoms with van der Waals surface area (Å²) in [4.78, 5) is 23.5. The molecule has 0 spiro atoms. The summed E-state index contributed by atoms with van der Waals surface area (Å²) in [7, 11) is 0. The number of hydrogen-bond donors (Lipinski definition) is 0. The van der Waals surface area contributed by atoms with E-state index in [-0.39, 0.29) is 11.3 Å². The van der Waals surface area contributed by atoms with Crippen molar-refractivity contribution in [2.24, 2.45) is 0 Å². The quantitative estimate of drug-likeness (QED) is 0.628. The van der Waals surface area contributed by atoms with Gasteiger partial charge in [0.25, 0.3) is 0 Å². The number of ketones is 1. The largest absolute Gasteiger partial charge is 0.457 e. The molecule has 5 heteroatoms. The monoisotopic (exact) mass is 262 g/mol. The van der Waals surface area contributed by atoms with E-state index < -0.39 is 23.7 Å². The molecule has 0 aliphatic rings. The van der Waals surface area contributed by atoms with Gasteiger partial charge in [0.2, 0.25) is 11.5 Å². The second-order valence-electron chi connectivity index (χ2n) is 3.90. The number of carbonyl (C=O) groups excluding carboxylic acids is 2. The first-order valence-electron chi connectivity index (χ1n) is 5.62. The molecule has 0 N–H and O–H groups in total. The first-order chi connectivity index (χ1) is 9.08. The molecular formula is C14H11FO4. The minimum absolute atomic E-state index is 0.0266. The van der Waals surface area contributed by atoms with Crippen LogP contribution >= 0.6 is 0 Å². The Labute approximate surface area is 108 Å². The topological polar surface area (TPSA) is 56.5 Å². The van der Waals surface area contributed by atoms with Gasteiger partial charge in [-0.15, -0.1) is 0 Å². The van der Waals surface area contributed by atoms with Crippen molar-refractivity contribution in [2.75, 3.05) is 0 Å². The lowest BCUT2D eigenvalue weighted by atomic mass is 10.1. The number of halogens is 1. The van der Waals surface area contributed by atoms with Crippen LogP contribution in [0.15, 0.2) is 47.1 Å². The lowest BCUT2D eigenvalue weighted by Crippen LogP contribution is -2.24. The van der Waals surface area contributed by atoms with E-state index >= 15 is 0 Å². The molecule has 0 saturated carbocycles. The average Bonchev–Trinajstić information content (AvgIpc) is 2.92. The van der Waals surface area contributed by atoms with Crippen LogP contribution < -0.4 is 0 Å². The van der Waals surface area contributed by atoms with E-state index in [0.29, 0.717) is 0 Å². The Kier molecular flexibility index (Phi) is 3.75. The normalized spacial score (nSPS) is 11.9. The van der Waals surface area contributed by atoms with E-state index in [1.165, 1.54) is 43.5 Å². The van der Waals surface area contributed by atoms with Gasteiger partial charge in [-0.3, -0.25) is 4.79 Å². The molecule has 1 heterocycles. The van der Waals surface area contributed by atoms with Crippen molar-refractivity contribution in [3.05, 3.63) is 59.8 Å². The molecule has 2 rings (SSSR count). The van der Waals surface area contributed by atoms with Crippen LogP contribution in [-0.2, 0) is 4.74 Å². The lowest BCUT2D eigenvalue weighted by Gasteiger charge is -2.11. The molecule has 1 atom stereocenters. The predicted octanol–water partition coefficient (Wildman–Crippen LogP) is 2.85. The zero-order valence-corrected chi connectivity index (χ0v) is 10.1. The molecule has 1 aromatic carbocycles. The standard InChI is InChI=1S/C14H11FO4/c1-9(19-14(17)12-3-2-8-18-12)13(16)10-4-6-11(15)7-5-10/h2-9H,1H3/t9-/m1/s1. The number of ether oxygens (including phenoxy) is 1. The Balaban J connectivity index is 2.03. The summed E-state index contributed by atoms with van der Waals surface area (Å²) in [5.74, 6) is -1.52. The number of hydrogen-bond acceptors (Lipinski definition) is 4. The highest BCUT2D eigenvalue weighted by molar-refractivity contribution is 6.01. The fourth-order valence-electron chi connectivity index (χ4n) is 1.52. The minimum Gasteiger partial charge on any atom is -0.457 e. The molecule has 19 heavy (non-hydrogen) atoms. The van der Waals surface area contributed by atoms with Crippen molar-refractivity contribution >= 4 is 11.8 Å². The van der Waals surface area contributed by atoms with Gasteiger partial charge < -0.3 is 9.15 Å².